The Labute approximate surface area is 149 Å². The van der Waals surface area contributed by atoms with Gasteiger partial charge in [0, 0.05) is 16.1 Å². The van der Waals surface area contributed by atoms with Gasteiger partial charge in [-0.15, -0.1) is 5.10 Å². The molecule has 1 aromatic heterocycles. The summed E-state index contributed by atoms with van der Waals surface area (Å²) >= 11 is 7.27. The van der Waals surface area contributed by atoms with Crippen LogP contribution in [0.3, 0.4) is 0 Å². The maximum Gasteiger partial charge on any atom is 0.209 e. The summed E-state index contributed by atoms with van der Waals surface area (Å²) in [7, 11) is 0. The Morgan fingerprint density at radius 1 is 1.21 bits per heavy atom. The number of halogens is 1. The van der Waals surface area contributed by atoms with Crippen molar-refractivity contribution in [1.29, 1.82) is 0 Å². The fraction of sp³-hybridized carbons (Fsp3) is 0.167. The third-order valence-electron chi connectivity index (χ3n) is 3.55. The molecule has 1 atom stereocenters. The maximum absolute atomic E-state index is 12.5. The first kappa shape index (κ1) is 16.7. The van der Waals surface area contributed by atoms with Crippen LogP contribution in [0.2, 0.25) is 5.02 Å². The minimum absolute atomic E-state index is 0.00388. The molecule has 1 heterocycles. The summed E-state index contributed by atoms with van der Waals surface area (Å²) in [6.45, 7) is 3.88. The van der Waals surface area contributed by atoms with Crippen molar-refractivity contribution >= 4 is 29.1 Å². The molecule has 0 fully saturated rings. The molecule has 3 rings (SSSR count). The monoisotopic (exact) mass is 357 g/mol. The number of Topliss-reactive ketones (excluding diaryl/α,β-unsaturated/α-hetero) is 1. The van der Waals surface area contributed by atoms with Crippen LogP contribution in [0.1, 0.15) is 22.8 Å². The van der Waals surface area contributed by atoms with Crippen molar-refractivity contribution < 1.29 is 4.79 Å². The molecule has 1 unspecified atom stereocenters. The van der Waals surface area contributed by atoms with Gasteiger partial charge in [-0.05, 0) is 26.0 Å². The summed E-state index contributed by atoms with van der Waals surface area (Å²) in [5.41, 5.74) is 2.75. The summed E-state index contributed by atoms with van der Waals surface area (Å²) < 4.78 is 0. The lowest BCUT2D eigenvalue weighted by molar-refractivity contribution is 0.0994. The number of benzene rings is 2. The predicted octanol–water partition coefficient (Wildman–Crippen LogP) is 4.80. The number of aromatic amines is 1. The molecule has 24 heavy (non-hydrogen) atoms. The quantitative estimate of drug-likeness (QED) is 0.526. The maximum atomic E-state index is 12.5. The summed E-state index contributed by atoms with van der Waals surface area (Å²) in [5, 5.41) is 7.92. The number of aromatic nitrogens is 3. The van der Waals surface area contributed by atoms with Crippen LogP contribution in [-0.2, 0) is 0 Å². The van der Waals surface area contributed by atoms with E-state index in [1.807, 2.05) is 38.1 Å². The molecule has 4 nitrogen and oxygen atoms in total. The molecule has 122 valence electrons. The van der Waals surface area contributed by atoms with E-state index in [1.54, 1.807) is 24.3 Å². The van der Waals surface area contributed by atoms with Crippen LogP contribution in [0.25, 0.3) is 11.4 Å². The average molecular weight is 358 g/mol. The Morgan fingerprint density at radius 2 is 1.96 bits per heavy atom. The second-order valence-corrected chi connectivity index (χ2v) is 7.21. The topological polar surface area (TPSA) is 58.6 Å². The lowest BCUT2D eigenvalue weighted by Crippen LogP contribution is -2.13. The first-order valence-electron chi connectivity index (χ1n) is 7.49. The Balaban J connectivity index is 1.72. The fourth-order valence-corrected chi connectivity index (χ4v) is 3.22. The van der Waals surface area contributed by atoms with Gasteiger partial charge in [0.2, 0.25) is 5.16 Å². The lowest BCUT2D eigenvalue weighted by atomic mass is 10.1. The standard InChI is InChI=1S/C18H16ClN3OS/c1-11-6-8-13(9-7-11)17-20-18(22-21-17)24-12(2)16(23)14-4-3-5-15(19)10-14/h3-10,12H,1-2H3,(H,20,21,22). The van der Waals surface area contributed by atoms with E-state index in [4.69, 9.17) is 11.6 Å². The Hall–Kier alpha value is -2.11. The number of nitrogens with one attached hydrogen (secondary N) is 1. The van der Waals surface area contributed by atoms with E-state index < -0.39 is 0 Å². The average Bonchev–Trinajstić information content (AvgIpc) is 3.03. The second kappa shape index (κ2) is 7.20. The van der Waals surface area contributed by atoms with Gasteiger partial charge in [0.15, 0.2) is 11.6 Å². The number of carbonyl (C=O) groups excluding carboxylic acids is 1. The van der Waals surface area contributed by atoms with Gasteiger partial charge in [0.1, 0.15) is 0 Å². The van der Waals surface area contributed by atoms with Crippen LogP contribution < -0.4 is 0 Å². The number of thioether (sulfide) groups is 1. The number of aryl methyl sites for hydroxylation is 1. The summed E-state index contributed by atoms with van der Waals surface area (Å²) in [6, 6.07) is 15.0. The number of nitrogens with zero attached hydrogens (tertiary/aromatic N) is 2. The van der Waals surface area contributed by atoms with Crippen molar-refractivity contribution in [3.8, 4) is 11.4 Å². The highest BCUT2D eigenvalue weighted by Crippen LogP contribution is 2.25. The fourth-order valence-electron chi connectivity index (χ4n) is 2.23. The zero-order valence-corrected chi connectivity index (χ0v) is 14.9. The largest absolute Gasteiger partial charge is 0.293 e. The summed E-state index contributed by atoms with van der Waals surface area (Å²) in [5.74, 6) is 0.698. The SMILES string of the molecule is Cc1ccc(-c2nc(SC(C)C(=O)c3cccc(Cl)c3)n[nH]2)cc1. The zero-order valence-electron chi connectivity index (χ0n) is 13.3. The molecular weight excluding hydrogens is 342 g/mol. The van der Waals surface area contributed by atoms with Crippen LogP contribution >= 0.6 is 23.4 Å². The highest BCUT2D eigenvalue weighted by atomic mass is 35.5. The van der Waals surface area contributed by atoms with Gasteiger partial charge in [-0.1, -0.05) is 65.3 Å². The number of H-pyrrole nitrogens is 1. The van der Waals surface area contributed by atoms with E-state index in [-0.39, 0.29) is 11.0 Å². The Kier molecular flexibility index (Phi) is 5.02. The highest BCUT2D eigenvalue weighted by Gasteiger charge is 2.19. The van der Waals surface area contributed by atoms with Gasteiger partial charge in [0.25, 0.3) is 0 Å². The summed E-state index contributed by atoms with van der Waals surface area (Å²) in [6.07, 6.45) is 0. The third kappa shape index (κ3) is 3.86. The molecule has 0 aliphatic heterocycles. The van der Waals surface area contributed by atoms with Gasteiger partial charge in [-0.3, -0.25) is 9.89 Å². The Morgan fingerprint density at radius 3 is 2.67 bits per heavy atom. The van der Waals surface area contributed by atoms with Crippen LogP contribution in [-0.4, -0.2) is 26.2 Å². The summed E-state index contributed by atoms with van der Waals surface area (Å²) in [4.78, 5) is 16.9. The van der Waals surface area contributed by atoms with Crippen LogP contribution in [0.5, 0.6) is 0 Å². The molecule has 3 aromatic rings. The number of ketones is 1. The van der Waals surface area contributed by atoms with Gasteiger partial charge in [0.05, 0.1) is 5.25 Å². The minimum Gasteiger partial charge on any atom is -0.293 e. The van der Waals surface area contributed by atoms with Crippen molar-refractivity contribution in [1.82, 2.24) is 15.2 Å². The van der Waals surface area contributed by atoms with E-state index in [2.05, 4.69) is 15.2 Å². The van der Waals surface area contributed by atoms with E-state index in [0.29, 0.717) is 21.6 Å². The van der Waals surface area contributed by atoms with E-state index in [1.165, 1.54) is 17.3 Å². The first-order valence-corrected chi connectivity index (χ1v) is 8.74. The van der Waals surface area contributed by atoms with Crippen molar-refractivity contribution in [3.05, 3.63) is 64.7 Å². The van der Waals surface area contributed by atoms with Crippen molar-refractivity contribution in [2.75, 3.05) is 0 Å². The smallest absolute Gasteiger partial charge is 0.209 e. The minimum atomic E-state index is -0.301. The number of hydrogen-bond acceptors (Lipinski definition) is 4. The molecule has 0 saturated heterocycles. The molecule has 0 aliphatic carbocycles. The Bertz CT molecular complexity index is 861. The van der Waals surface area contributed by atoms with Gasteiger partial charge in [-0.25, -0.2) is 4.98 Å². The molecule has 0 saturated carbocycles. The van der Waals surface area contributed by atoms with Crippen molar-refractivity contribution in [3.63, 3.8) is 0 Å². The van der Waals surface area contributed by atoms with Crippen molar-refractivity contribution in [2.45, 2.75) is 24.3 Å². The molecule has 0 amide bonds. The highest BCUT2D eigenvalue weighted by molar-refractivity contribution is 8.00. The van der Waals surface area contributed by atoms with E-state index >= 15 is 0 Å². The van der Waals surface area contributed by atoms with Gasteiger partial charge < -0.3 is 0 Å². The van der Waals surface area contributed by atoms with Crippen molar-refractivity contribution in [2.24, 2.45) is 0 Å². The third-order valence-corrected chi connectivity index (χ3v) is 4.75. The lowest BCUT2D eigenvalue weighted by Gasteiger charge is -2.07. The molecule has 0 radical (unpaired) electrons. The molecular formula is C18H16ClN3OS. The normalized spacial score (nSPS) is 12.1. The predicted molar refractivity (Wildman–Crippen MR) is 97.7 cm³/mol. The zero-order chi connectivity index (χ0) is 17.1. The van der Waals surface area contributed by atoms with Gasteiger partial charge in [-0.2, -0.15) is 0 Å². The molecule has 0 bridgehead atoms. The number of hydrogen-bond donors (Lipinski definition) is 1. The van der Waals surface area contributed by atoms with Crippen LogP contribution in [0.15, 0.2) is 53.7 Å². The molecule has 1 N–H and O–H groups in total. The molecule has 2 aromatic carbocycles. The van der Waals surface area contributed by atoms with Crippen LogP contribution in [0, 0.1) is 6.92 Å². The van der Waals surface area contributed by atoms with Crippen LogP contribution in [0.4, 0.5) is 0 Å². The number of carbonyl (C=O) groups is 1. The van der Waals surface area contributed by atoms with Gasteiger partial charge >= 0.3 is 0 Å². The van der Waals surface area contributed by atoms with E-state index in [0.717, 1.165) is 5.56 Å². The molecule has 6 heteroatoms. The van der Waals surface area contributed by atoms with E-state index in [9.17, 15) is 4.79 Å². The second-order valence-electron chi connectivity index (χ2n) is 5.47. The molecule has 0 aliphatic rings. The first-order chi connectivity index (χ1) is 11.5. The number of rotatable bonds is 5. The molecule has 0 spiro atoms.